The van der Waals surface area contributed by atoms with Crippen LogP contribution < -0.4 is 11.1 Å². The SMILES string of the molecule is CC(C)CN1CCC[C@@H](CCNC(=O)C2(N)CCCC2)C1. The van der Waals surface area contributed by atoms with Gasteiger partial charge < -0.3 is 16.0 Å². The summed E-state index contributed by atoms with van der Waals surface area (Å²) in [5.41, 5.74) is 5.61. The Morgan fingerprint density at radius 3 is 2.71 bits per heavy atom. The van der Waals surface area contributed by atoms with E-state index in [1.807, 2.05) is 0 Å². The van der Waals surface area contributed by atoms with Crippen LogP contribution >= 0.6 is 0 Å². The quantitative estimate of drug-likeness (QED) is 0.789. The molecule has 0 radical (unpaired) electrons. The molecule has 4 heteroatoms. The van der Waals surface area contributed by atoms with Gasteiger partial charge in [0.1, 0.15) is 0 Å². The van der Waals surface area contributed by atoms with Gasteiger partial charge in [-0.3, -0.25) is 4.79 Å². The second-order valence-corrected chi connectivity index (χ2v) is 7.57. The fourth-order valence-electron chi connectivity index (χ4n) is 3.87. The molecule has 0 bridgehead atoms. The van der Waals surface area contributed by atoms with Gasteiger partial charge in [-0.2, -0.15) is 0 Å². The Hall–Kier alpha value is -0.610. The van der Waals surface area contributed by atoms with Crippen molar-refractivity contribution in [1.29, 1.82) is 0 Å². The van der Waals surface area contributed by atoms with Gasteiger partial charge in [0.15, 0.2) is 0 Å². The molecule has 1 aliphatic carbocycles. The van der Waals surface area contributed by atoms with Crippen molar-refractivity contribution in [2.75, 3.05) is 26.2 Å². The van der Waals surface area contributed by atoms with Crippen LogP contribution in [0, 0.1) is 11.8 Å². The number of rotatable bonds is 6. The minimum absolute atomic E-state index is 0.0786. The van der Waals surface area contributed by atoms with Crippen LogP contribution in [-0.4, -0.2) is 42.5 Å². The Kier molecular flexibility index (Phi) is 6.06. The van der Waals surface area contributed by atoms with Gasteiger partial charge in [0.25, 0.3) is 0 Å². The molecule has 21 heavy (non-hydrogen) atoms. The molecule has 2 aliphatic rings. The number of amides is 1. The summed E-state index contributed by atoms with van der Waals surface area (Å²) in [5.74, 6) is 1.55. The fraction of sp³-hybridized carbons (Fsp3) is 0.941. The zero-order valence-corrected chi connectivity index (χ0v) is 13.9. The lowest BCUT2D eigenvalue weighted by Gasteiger charge is -2.34. The van der Waals surface area contributed by atoms with Crippen molar-refractivity contribution in [2.24, 2.45) is 17.6 Å². The van der Waals surface area contributed by atoms with Gasteiger partial charge in [0, 0.05) is 19.6 Å². The van der Waals surface area contributed by atoms with Gasteiger partial charge in [-0.25, -0.2) is 0 Å². The van der Waals surface area contributed by atoms with Gasteiger partial charge in [-0.05, 0) is 50.5 Å². The largest absolute Gasteiger partial charge is 0.354 e. The van der Waals surface area contributed by atoms with E-state index in [1.165, 1.54) is 32.5 Å². The number of carbonyl (C=O) groups is 1. The maximum absolute atomic E-state index is 12.2. The average Bonchev–Trinajstić information content (AvgIpc) is 2.86. The van der Waals surface area contributed by atoms with E-state index in [-0.39, 0.29) is 5.91 Å². The Bertz CT molecular complexity index is 337. The average molecular weight is 295 g/mol. The summed E-state index contributed by atoms with van der Waals surface area (Å²) < 4.78 is 0. The zero-order valence-electron chi connectivity index (χ0n) is 13.9. The zero-order chi connectivity index (χ0) is 15.3. The lowest BCUT2D eigenvalue weighted by molar-refractivity contribution is -0.126. The first-order valence-electron chi connectivity index (χ1n) is 8.79. The van der Waals surface area contributed by atoms with Crippen LogP contribution in [0.2, 0.25) is 0 Å². The Morgan fingerprint density at radius 1 is 1.33 bits per heavy atom. The molecule has 0 aromatic rings. The molecule has 1 amide bonds. The predicted molar refractivity (Wildman–Crippen MR) is 87.0 cm³/mol. The summed E-state index contributed by atoms with van der Waals surface area (Å²) in [6.45, 7) is 9.00. The molecule has 2 fully saturated rings. The molecule has 2 rings (SSSR count). The highest BCUT2D eigenvalue weighted by Gasteiger charge is 2.36. The Balaban J connectivity index is 1.67. The third-order valence-corrected chi connectivity index (χ3v) is 5.01. The van der Waals surface area contributed by atoms with Crippen molar-refractivity contribution in [1.82, 2.24) is 10.2 Å². The summed E-state index contributed by atoms with van der Waals surface area (Å²) in [7, 11) is 0. The number of nitrogens with two attached hydrogens (primary N) is 1. The van der Waals surface area contributed by atoms with Crippen molar-refractivity contribution in [3.05, 3.63) is 0 Å². The van der Waals surface area contributed by atoms with E-state index in [4.69, 9.17) is 5.73 Å². The van der Waals surface area contributed by atoms with E-state index in [1.54, 1.807) is 0 Å². The van der Waals surface area contributed by atoms with E-state index < -0.39 is 5.54 Å². The fourth-order valence-corrected chi connectivity index (χ4v) is 3.87. The summed E-state index contributed by atoms with van der Waals surface area (Å²) >= 11 is 0. The monoisotopic (exact) mass is 295 g/mol. The molecule has 0 spiro atoms. The van der Waals surface area contributed by atoms with E-state index in [0.29, 0.717) is 0 Å². The van der Waals surface area contributed by atoms with Crippen molar-refractivity contribution in [3.63, 3.8) is 0 Å². The lowest BCUT2D eigenvalue weighted by Crippen LogP contribution is -2.52. The van der Waals surface area contributed by atoms with Crippen LogP contribution in [0.1, 0.15) is 58.8 Å². The standard InChI is InChI=1S/C17H33N3O/c1-14(2)12-20-11-5-6-15(13-20)7-10-19-16(21)17(18)8-3-4-9-17/h14-15H,3-13,18H2,1-2H3,(H,19,21)/t15-/m0/s1. The predicted octanol–water partition coefficient (Wildman–Crippen LogP) is 2.13. The highest BCUT2D eigenvalue weighted by molar-refractivity contribution is 5.86. The van der Waals surface area contributed by atoms with E-state index in [9.17, 15) is 4.79 Å². The maximum atomic E-state index is 12.2. The number of carbonyl (C=O) groups excluding carboxylic acids is 1. The van der Waals surface area contributed by atoms with Gasteiger partial charge >= 0.3 is 0 Å². The maximum Gasteiger partial charge on any atom is 0.240 e. The number of hydrogen-bond acceptors (Lipinski definition) is 3. The first kappa shape index (κ1) is 16.8. The second-order valence-electron chi connectivity index (χ2n) is 7.57. The van der Waals surface area contributed by atoms with Gasteiger partial charge in [-0.1, -0.05) is 26.7 Å². The number of nitrogens with zero attached hydrogens (tertiary/aromatic N) is 1. The lowest BCUT2D eigenvalue weighted by atomic mass is 9.93. The summed E-state index contributed by atoms with van der Waals surface area (Å²) in [6.07, 6.45) is 7.59. The van der Waals surface area contributed by atoms with Gasteiger partial charge in [0.2, 0.25) is 5.91 Å². The molecule has 4 nitrogen and oxygen atoms in total. The van der Waals surface area contributed by atoms with Gasteiger partial charge in [0.05, 0.1) is 5.54 Å². The Labute approximate surface area is 129 Å². The molecule has 0 unspecified atom stereocenters. The molecule has 122 valence electrons. The Morgan fingerprint density at radius 2 is 2.05 bits per heavy atom. The highest BCUT2D eigenvalue weighted by Crippen LogP contribution is 2.27. The molecule has 1 aliphatic heterocycles. The smallest absolute Gasteiger partial charge is 0.240 e. The number of nitrogens with one attached hydrogen (secondary N) is 1. The topological polar surface area (TPSA) is 58.4 Å². The number of hydrogen-bond donors (Lipinski definition) is 2. The number of piperidine rings is 1. The normalized spacial score (nSPS) is 26.2. The van der Waals surface area contributed by atoms with E-state index in [2.05, 4.69) is 24.1 Å². The molecule has 0 aromatic carbocycles. The van der Waals surface area contributed by atoms with Gasteiger partial charge in [-0.15, -0.1) is 0 Å². The molecular weight excluding hydrogens is 262 g/mol. The summed E-state index contributed by atoms with van der Waals surface area (Å²) in [6, 6.07) is 0. The van der Waals surface area contributed by atoms with E-state index in [0.717, 1.165) is 50.5 Å². The van der Waals surface area contributed by atoms with Crippen LogP contribution in [0.25, 0.3) is 0 Å². The molecule has 1 saturated carbocycles. The molecule has 0 aromatic heterocycles. The van der Waals surface area contributed by atoms with Crippen LogP contribution in [0.4, 0.5) is 0 Å². The first-order valence-corrected chi connectivity index (χ1v) is 8.79. The number of likely N-dealkylation sites (tertiary alicyclic amines) is 1. The molecule has 3 N–H and O–H groups in total. The second kappa shape index (κ2) is 7.59. The first-order chi connectivity index (χ1) is 9.99. The molecular formula is C17H33N3O. The third kappa shape index (κ3) is 4.96. The van der Waals surface area contributed by atoms with Crippen molar-refractivity contribution in [3.8, 4) is 0 Å². The molecule has 1 heterocycles. The molecule has 1 saturated heterocycles. The van der Waals surface area contributed by atoms with Crippen molar-refractivity contribution >= 4 is 5.91 Å². The van der Waals surface area contributed by atoms with Crippen molar-refractivity contribution < 1.29 is 4.79 Å². The minimum Gasteiger partial charge on any atom is -0.354 e. The van der Waals surface area contributed by atoms with Crippen LogP contribution in [0.5, 0.6) is 0 Å². The van der Waals surface area contributed by atoms with E-state index >= 15 is 0 Å². The van der Waals surface area contributed by atoms with Crippen molar-refractivity contribution in [2.45, 2.75) is 64.3 Å². The highest BCUT2D eigenvalue weighted by atomic mass is 16.2. The summed E-state index contributed by atoms with van der Waals surface area (Å²) in [4.78, 5) is 14.8. The third-order valence-electron chi connectivity index (χ3n) is 5.01. The van der Waals surface area contributed by atoms with Crippen LogP contribution in [-0.2, 0) is 4.79 Å². The van der Waals surface area contributed by atoms with Crippen LogP contribution in [0.3, 0.4) is 0 Å². The molecule has 1 atom stereocenters. The summed E-state index contributed by atoms with van der Waals surface area (Å²) in [5, 5.41) is 3.09. The van der Waals surface area contributed by atoms with Crippen LogP contribution in [0.15, 0.2) is 0 Å². The minimum atomic E-state index is -0.573.